The van der Waals surface area contributed by atoms with E-state index in [1.54, 1.807) is 0 Å². The molecule has 1 heterocycles. The van der Waals surface area contributed by atoms with E-state index >= 15 is 0 Å². The van der Waals surface area contributed by atoms with Crippen LogP contribution in [-0.2, 0) is 27.5 Å². The fraction of sp³-hybridized carbons (Fsp3) is 0.957. The van der Waals surface area contributed by atoms with Crippen molar-refractivity contribution in [2.75, 3.05) is 39.6 Å². The predicted octanol–water partition coefficient (Wildman–Crippen LogP) is 5.52. The lowest BCUT2D eigenvalue weighted by Gasteiger charge is -2.39. The number of ether oxygens (including phenoxy) is 2. The van der Waals surface area contributed by atoms with Crippen molar-refractivity contribution in [3.05, 3.63) is 0 Å². The summed E-state index contributed by atoms with van der Waals surface area (Å²) in [6.07, 6.45) is 10.8. The van der Waals surface area contributed by atoms with Crippen LogP contribution in [0.15, 0.2) is 0 Å². The Balaban J connectivity index is 1.99. The van der Waals surface area contributed by atoms with E-state index < -0.39 is 8.80 Å². The van der Waals surface area contributed by atoms with Gasteiger partial charge in [0, 0.05) is 32.3 Å². The molecule has 0 spiro atoms. The number of carbonyl (C=O) groups excluding carboxylic acids is 1. The van der Waals surface area contributed by atoms with E-state index in [1.807, 2.05) is 20.8 Å². The SMILES string of the molecule is CCO[Si](CCCCCCCCCCC(=O)OCC1(CC)COC1)(OCC)OCC. The molecule has 0 saturated carbocycles. The molecule has 0 bridgehead atoms. The molecule has 178 valence electrons. The van der Waals surface area contributed by atoms with Gasteiger partial charge in [0.1, 0.15) is 6.61 Å². The van der Waals surface area contributed by atoms with Crippen LogP contribution in [0, 0.1) is 5.41 Å². The van der Waals surface area contributed by atoms with Crippen LogP contribution in [0.25, 0.3) is 0 Å². The van der Waals surface area contributed by atoms with Gasteiger partial charge in [-0.2, -0.15) is 0 Å². The Labute approximate surface area is 185 Å². The third-order valence-corrected chi connectivity index (χ3v) is 8.96. The monoisotopic (exact) mass is 446 g/mol. The predicted molar refractivity (Wildman–Crippen MR) is 121 cm³/mol. The average molecular weight is 447 g/mol. The van der Waals surface area contributed by atoms with Gasteiger partial charge in [-0.1, -0.05) is 45.4 Å². The summed E-state index contributed by atoms with van der Waals surface area (Å²) in [5, 5.41) is 0. The second-order valence-corrected chi connectivity index (χ2v) is 11.0. The molecule has 0 aromatic rings. The number of carbonyl (C=O) groups is 1. The minimum Gasteiger partial charge on any atom is -0.465 e. The Morgan fingerprint density at radius 1 is 0.800 bits per heavy atom. The molecule has 7 heteroatoms. The summed E-state index contributed by atoms with van der Waals surface area (Å²) >= 11 is 0. The van der Waals surface area contributed by atoms with Crippen molar-refractivity contribution in [1.82, 2.24) is 0 Å². The highest BCUT2D eigenvalue weighted by Crippen LogP contribution is 2.31. The summed E-state index contributed by atoms with van der Waals surface area (Å²) in [7, 11) is -2.46. The van der Waals surface area contributed by atoms with E-state index in [4.69, 9.17) is 22.8 Å². The summed E-state index contributed by atoms with van der Waals surface area (Å²) in [5.74, 6) is -0.0553. The molecule has 6 nitrogen and oxygen atoms in total. The molecule has 0 aromatic heterocycles. The molecule has 1 aliphatic rings. The van der Waals surface area contributed by atoms with Gasteiger partial charge in [0.25, 0.3) is 0 Å². The fourth-order valence-corrected chi connectivity index (χ4v) is 6.44. The number of esters is 1. The number of unbranched alkanes of at least 4 members (excludes halogenated alkanes) is 7. The molecular formula is C23H46O6Si. The topological polar surface area (TPSA) is 63.2 Å². The summed E-state index contributed by atoms with van der Waals surface area (Å²) in [4.78, 5) is 11.9. The van der Waals surface area contributed by atoms with Gasteiger partial charge in [0.05, 0.1) is 18.6 Å². The van der Waals surface area contributed by atoms with Crippen molar-refractivity contribution in [1.29, 1.82) is 0 Å². The standard InChI is InChI=1S/C23H46O6Si/c1-5-23(19-25-20-23)21-26-22(24)17-15-13-11-9-10-12-14-16-18-30(27-6-2,28-7-3)29-8-4/h5-21H2,1-4H3. The van der Waals surface area contributed by atoms with Gasteiger partial charge in [0.2, 0.25) is 0 Å². The third-order valence-electron chi connectivity index (χ3n) is 5.81. The molecule has 0 aliphatic carbocycles. The summed E-state index contributed by atoms with van der Waals surface area (Å²) < 4.78 is 28.4. The molecule has 0 atom stereocenters. The minimum absolute atomic E-state index is 0.0553. The lowest BCUT2D eigenvalue weighted by molar-refractivity contribution is -0.170. The highest BCUT2D eigenvalue weighted by Gasteiger charge is 2.39. The van der Waals surface area contributed by atoms with Crippen molar-refractivity contribution in [2.45, 2.75) is 97.9 Å². The second kappa shape index (κ2) is 16.2. The van der Waals surface area contributed by atoms with Gasteiger partial charge in [-0.25, -0.2) is 0 Å². The van der Waals surface area contributed by atoms with E-state index in [1.165, 1.54) is 32.1 Å². The molecule has 1 fully saturated rings. The first-order valence-corrected chi connectivity index (χ1v) is 14.1. The van der Waals surface area contributed by atoms with Crippen molar-refractivity contribution in [2.24, 2.45) is 5.41 Å². The van der Waals surface area contributed by atoms with Crippen LogP contribution in [-0.4, -0.2) is 54.4 Å². The molecule has 0 N–H and O–H groups in total. The largest absolute Gasteiger partial charge is 0.500 e. The first-order chi connectivity index (χ1) is 14.6. The Morgan fingerprint density at radius 3 is 1.73 bits per heavy atom. The zero-order valence-electron chi connectivity index (χ0n) is 20.0. The smallest absolute Gasteiger partial charge is 0.465 e. The lowest BCUT2D eigenvalue weighted by Crippen LogP contribution is -2.46. The Morgan fingerprint density at radius 2 is 1.30 bits per heavy atom. The molecule has 0 amide bonds. The first-order valence-electron chi connectivity index (χ1n) is 12.2. The van der Waals surface area contributed by atoms with Crippen LogP contribution < -0.4 is 0 Å². The van der Waals surface area contributed by atoms with Crippen LogP contribution in [0.2, 0.25) is 6.04 Å². The van der Waals surface area contributed by atoms with Gasteiger partial charge < -0.3 is 22.8 Å². The van der Waals surface area contributed by atoms with Gasteiger partial charge in [-0.15, -0.1) is 0 Å². The van der Waals surface area contributed by atoms with Crippen LogP contribution in [0.1, 0.15) is 91.9 Å². The summed E-state index contributed by atoms with van der Waals surface area (Å²) in [5.41, 5.74) is 0.0891. The van der Waals surface area contributed by atoms with E-state index in [0.29, 0.717) is 32.8 Å². The minimum atomic E-state index is -2.46. The number of rotatable bonds is 20. The van der Waals surface area contributed by atoms with E-state index in [2.05, 4.69) is 6.92 Å². The molecule has 1 aliphatic heterocycles. The van der Waals surface area contributed by atoms with E-state index in [9.17, 15) is 4.79 Å². The molecule has 1 rings (SSSR count). The second-order valence-electron chi connectivity index (χ2n) is 8.32. The van der Waals surface area contributed by atoms with Crippen molar-refractivity contribution in [3.63, 3.8) is 0 Å². The van der Waals surface area contributed by atoms with Gasteiger partial charge in [0.15, 0.2) is 0 Å². The zero-order chi connectivity index (χ0) is 22.1. The lowest BCUT2D eigenvalue weighted by atomic mass is 9.84. The maximum Gasteiger partial charge on any atom is 0.500 e. The third kappa shape index (κ3) is 10.7. The molecule has 30 heavy (non-hydrogen) atoms. The summed E-state index contributed by atoms with van der Waals surface area (Å²) in [6.45, 7) is 12.0. The van der Waals surface area contributed by atoms with Crippen LogP contribution in [0.3, 0.4) is 0 Å². The molecular weight excluding hydrogens is 400 g/mol. The maximum absolute atomic E-state index is 11.9. The van der Waals surface area contributed by atoms with Gasteiger partial charge in [-0.3, -0.25) is 4.79 Å². The summed E-state index contributed by atoms with van der Waals surface area (Å²) in [6, 6.07) is 0.913. The van der Waals surface area contributed by atoms with Crippen LogP contribution in [0.4, 0.5) is 0 Å². The van der Waals surface area contributed by atoms with Crippen molar-refractivity contribution < 1.29 is 27.5 Å². The van der Waals surface area contributed by atoms with Crippen molar-refractivity contribution in [3.8, 4) is 0 Å². The number of hydrogen-bond acceptors (Lipinski definition) is 6. The van der Waals surface area contributed by atoms with Gasteiger partial charge in [-0.05, 0) is 40.0 Å². The Hall–Kier alpha value is -0.473. The zero-order valence-corrected chi connectivity index (χ0v) is 21.0. The number of hydrogen-bond donors (Lipinski definition) is 0. The molecule has 0 unspecified atom stereocenters. The van der Waals surface area contributed by atoms with Crippen LogP contribution in [0.5, 0.6) is 0 Å². The van der Waals surface area contributed by atoms with E-state index in [-0.39, 0.29) is 11.4 Å². The van der Waals surface area contributed by atoms with Crippen molar-refractivity contribution >= 4 is 14.8 Å². The molecule has 1 saturated heterocycles. The Bertz CT molecular complexity index is 419. The first kappa shape index (κ1) is 27.6. The quantitative estimate of drug-likeness (QED) is 0.139. The average Bonchev–Trinajstić information content (AvgIpc) is 2.69. The molecule has 0 radical (unpaired) electrons. The van der Waals surface area contributed by atoms with E-state index in [0.717, 1.165) is 44.9 Å². The molecule has 0 aromatic carbocycles. The Kier molecular flexibility index (Phi) is 14.9. The highest BCUT2D eigenvalue weighted by molar-refractivity contribution is 6.60. The maximum atomic E-state index is 11.9. The fourth-order valence-electron chi connectivity index (χ4n) is 3.76. The highest BCUT2D eigenvalue weighted by atomic mass is 28.4. The normalized spacial score (nSPS) is 15.7. The van der Waals surface area contributed by atoms with Gasteiger partial charge >= 0.3 is 14.8 Å². The van der Waals surface area contributed by atoms with Crippen LogP contribution >= 0.6 is 0 Å².